The van der Waals surface area contributed by atoms with Crippen LogP contribution in [-0.4, -0.2) is 57.7 Å². The van der Waals surface area contributed by atoms with Gasteiger partial charge in [-0.25, -0.2) is 0 Å². The van der Waals surface area contributed by atoms with Gasteiger partial charge in [0.05, 0.1) is 82.8 Å². The van der Waals surface area contributed by atoms with Crippen LogP contribution < -0.4 is 0 Å². The van der Waals surface area contributed by atoms with Crippen LogP contribution in [0.1, 0.15) is 16.9 Å². The zero-order chi connectivity index (χ0) is 18.2. The second-order valence-electron chi connectivity index (χ2n) is 4.20. The monoisotopic (exact) mass is 301 g/mol. The minimum Gasteiger partial charge on any atom is -0.377 e. The Morgan fingerprint density at radius 3 is 1.71 bits per heavy atom. The summed E-state index contributed by atoms with van der Waals surface area (Å²) in [5.41, 5.74) is 1.04. The Balaban J connectivity index is 2.00. The average Bonchev–Trinajstić information content (AvgIpc) is 2.57. The molecule has 21 heavy (non-hydrogen) atoms. The van der Waals surface area contributed by atoms with E-state index in [0.717, 1.165) is 0 Å². The number of ether oxygens (including phenoxy) is 5. The minimum absolute atomic E-state index is 0.0310. The zero-order valence-electron chi connectivity index (χ0n) is 15.9. The molecule has 0 aliphatic carbocycles. The fourth-order valence-corrected chi connectivity index (χ4v) is 1.59. The van der Waals surface area contributed by atoms with E-state index in [2.05, 4.69) is 4.98 Å². The number of hydrogen-bond acceptors (Lipinski definition) is 6. The fraction of sp³-hybridized carbons (Fsp3) is 0.667. The maximum absolute atomic E-state index is 7.77. The molecule has 6 heteroatoms. The van der Waals surface area contributed by atoms with E-state index in [9.17, 15) is 0 Å². The Morgan fingerprint density at radius 1 is 0.714 bits per heavy atom. The maximum Gasteiger partial charge on any atom is 0.0889 e. The smallest absolute Gasteiger partial charge is 0.0889 e. The van der Waals surface area contributed by atoms with Crippen LogP contribution in [0.15, 0.2) is 18.2 Å². The molecule has 1 aliphatic rings. The number of nitrogens with zero attached hydrogens (tertiary/aromatic N) is 1. The third-order valence-corrected chi connectivity index (χ3v) is 2.57. The normalized spacial score (nSPS) is 28.0. The number of fused-ring (bicyclic) bond motifs is 2. The van der Waals surface area contributed by atoms with E-state index < -0.39 is 13.1 Å². The Labute approximate surface area is 130 Å². The Morgan fingerprint density at radius 2 is 1.19 bits per heavy atom. The SMILES string of the molecule is [2H]C1([2H])COCCOCCOCC([2H])([2H])OCc2cccc(n2)CO1. The quantitative estimate of drug-likeness (QED) is 0.717. The second kappa shape index (κ2) is 10.6. The van der Waals surface area contributed by atoms with Gasteiger partial charge in [-0.05, 0) is 12.1 Å². The summed E-state index contributed by atoms with van der Waals surface area (Å²) in [4.78, 5) is 4.28. The van der Waals surface area contributed by atoms with Crippen LogP contribution in [0.2, 0.25) is 0 Å². The van der Waals surface area contributed by atoms with Crippen molar-refractivity contribution in [1.82, 2.24) is 4.98 Å². The van der Waals surface area contributed by atoms with Gasteiger partial charge < -0.3 is 23.7 Å². The molecule has 0 saturated heterocycles. The van der Waals surface area contributed by atoms with E-state index in [1.165, 1.54) is 0 Å². The molecule has 0 fully saturated rings. The molecule has 0 atom stereocenters. The second-order valence-corrected chi connectivity index (χ2v) is 4.20. The molecule has 0 amide bonds. The van der Waals surface area contributed by atoms with Crippen molar-refractivity contribution in [3.05, 3.63) is 29.6 Å². The Bertz CT molecular complexity index is 491. The van der Waals surface area contributed by atoms with E-state index in [-0.39, 0.29) is 52.9 Å². The van der Waals surface area contributed by atoms with E-state index in [4.69, 9.17) is 29.2 Å². The van der Waals surface area contributed by atoms with Crippen LogP contribution in [-0.2, 0) is 36.9 Å². The van der Waals surface area contributed by atoms with Gasteiger partial charge in [0, 0.05) is 0 Å². The zero-order valence-corrected chi connectivity index (χ0v) is 11.9. The lowest BCUT2D eigenvalue weighted by molar-refractivity contribution is -0.0152. The lowest BCUT2D eigenvalue weighted by Crippen LogP contribution is -2.14. The van der Waals surface area contributed by atoms with Crippen molar-refractivity contribution in [3.63, 3.8) is 0 Å². The third-order valence-electron chi connectivity index (χ3n) is 2.57. The topological polar surface area (TPSA) is 59.0 Å². The highest BCUT2D eigenvalue weighted by atomic mass is 16.6. The number of hydrogen-bond donors (Lipinski definition) is 0. The standard InChI is InChI=1S/C15H23NO5/c1-2-14-12-20-10-8-18-6-4-17-5-7-19-9-11-21-13-15(3-1)16-14/h1-3H,4-13H2/i10D2,11D2. The first kappa shape index (κ1) is 11.5. The van der Waals surface area contributed by atoms with Gasteiger partial charge in [0.2, 0.25) is 0 Å². The summed E-state index contributed by atoms with van der Waals surface area (Å²) in [6.07, 6.45) is 0. The van der Waals surface area contributed by atoms with Crippen molar-refractivity contribution in [2.45, 2.75) is 13.2 Å². The molecule has 1 aliphatic heterocycles. The molecule has 118 valence electrons. The summed E-state index contributed by atoms with van der Waals surface area (Å²) in [7, 11) is 0. The summed E-state index contributed by atoms with van der Waals surface area (Å²) in [6, 6.07) is 5.13. The average molecular weight is 301 g/mol. The van der Waals surface area contributed by atoms with Gasteiger partial charge >= 0.3 is 0 Å². The molecule has 2 bridgehead atoms. The molecular weight excluding hydrogens is 274 g/mol. The lowest BCUT2D eigenvalue weighted by Gasteiger charge is -2.09. The van der Waals surface area contributed by atoms with Crippen molar-refractivity contribution in [2.24, 2.45) is 0 Å². The number of rotatable bonds is 0. The number of aromatic nitrogens is 1. The summed E-state index contributed by atoms with van der Waals surface area (Å²) in [5, 5.41) is 0. The van der Waals surface area contributed by atoms with Crippen LogP contribution in [0.3, 0.4) is 0 Å². The molecule has 2 rings (SSSR count). The molecule has 1 aromatic heterocycles. The maximum atomic E-state index is 7.77. The van der Waals surface area contributed by atoms with Crippen molar-refractivity contribution < 1.29 is 29.2 Å². The molecular formula is C15H23NO5. The predicted molar refractivity (Wildman–Crippen MR) is 76.0 cm³/mol. The van der Waals surface area contributed by atoms with Gasteiger partial charge in [-0.15, -0.1) is 0 Å². The van der Waals surface area contributed by atoms with Crippen LogP contribution in [0.5, 0.6) is 0 Å². The third kappa shape index (κ3) is 7.50. The minimum atomic E-state index is -1.94. The molecule has 6 nitrogen and oxygen atoms in total. The van der Waals surface area contributed by atoms with E-state index >= 15 is 0 Å². The van der Waals surface area contributed by atoms with Gasteiger partial charge in [-0.2, -0.15) is 0 Å². The van der Waals surface area contributed by atoms with Crippen molar-refractivity contribution >= 4 is 0 Å². The lowest BCUT2D eigenvalue weighted by atomic mass is 10.3. The molecule has 0 radical (unpaired) electrons. The van der Waals surface area contributed by atoms with Crippen molar-refractivity contribution in [3.8, 4) is 0 Å². The molecule has 0 saturated carbocycles. The molecule has 0 N–H and O–H groups in total. The van der Waals surface area contributed by atoms with Gasteiger partial charge in [-0.3, -0.25) is 4.98 Å². The fourth-order valence-electron chi connectivity index (χ4n) is 1.59. The first-order valence-corrected chi connectivity index (χ1v) is 6.82. The first-order chi connectivity index (χ1) is 11.9. The molecule has 1 aromatic rings. The predicted octanol–water partition coefficient (Wildman–Crippen LogP) is 1.18. The highest BCUT2D eigenvalue weighted by molar-refractivity contribution is 5.09. The Kier molecular flexibility index (Phi) is 5.83. The van der Waals surface area contributed by atoms with Crippen LogP contribution in [0, 0.1) is 0 Å². The van der Waals surface area contributed by atoms with Crippen molar-refractivity contribution in [1.29, 1.82) is 0 Å². The molecule has 0 aromatic carbocycles. The summed E-state index contributed by atoms with van der Waals surface area (Å²) in [5.74, 6) is 0. The largest absolute Gasteiger partial charge is 0.377 e. The van der Waals surface area contributed by atoms with Gasteiger partial charge in [0.15, 0.2) is 0 Å². The van der Waals surface area contributed by atoms with Gasteiger partial charge in [-0.1, -0.05) is 6.07 Å². The van der Waals surface area contributed by atoms with E-state index in [1.807, 2.05) is 0 Å². The van der Waals surface area contributed by atoms with E-state index in [1.54, 1.807) is 18.2 Å². The van der Waals surface area contributed by atoms with Gasteiger partial charge in [0.25, 0.3) is 0 Å². The van der Waals surface area contributed by atoms with Crippen LogP contribution >= 0.6 is 0 Å². The summed E-state index contributed by atoms with van der Waals surface area (Å²) in [6.45, 7) is -3.36. The highest BCUT2D eigenvalue weighted by Gasteiger charge is 2.00. The Hall–Kier alpha value is -1.05. The molecule has 0 unspecified atom stereocenters. The van der Waals surface area contributed by atoms with Crippen LogP contribution in [0.25, 0.3) is 0 Å². The highest BCUT2D eigenvalue weighted by Crippen LogP contribution is 2.03. The van der Waals surface area contributed by atoms with Gasteiger partial charge in [0.1, 0.15) is 0 Å². The van der Waals surface area contributed by atoms with E-state index in [0.29, 0.717) is 11.4 Å². The van der Waals surface area contributed by atoms with Crippen molar-refractivity contribution in [2.75, 3.05) is 52.8 Å². The molecule has 2 heterocycles. The summed E-state index contributed by atoms with van der Waals surface area (Å²) >= 11 is 0. The number of pyridine rings is 1. The van der Waals surface area contributed by atoms with Crippen LogP contribution in [0.4, 0.5) is 0 Å². The summed E-state index contributed by atoms with van der Waals surface area (Å²) < 4.78 is 57.2. The molecule has 0 spiro atoms. The first-order valence-electron chi connectivity index (χ1n) is 8.82.